The summed E-state index contributed by atoms with van der Waals surface area (Å²) in [5, 5.41) is 3.57. The van der Waals surface area contributed by atoms with Crippen LogP contribution in [0.1, 0.15) is 38.3 Å². The first-order valence-electron chi connectivity index (χ1n) is 7.86. The van der Waals surface area contributed by atoms with E-state index in [4.69, 9.17) is 0 Å². The fraction of sp³-hybridized carbons (Fsp3) is 0.562. The number of rotatable bonds is 7. The molecule has 1 fully saturated rings. The maximum atomic E-state index is 11.3. The van der Waals surface area contributed by atoms with Crippen LogP contribution in [0.5, 0.6) is 0 Å². The zero-order chi connectivity index (χ0) is 14.8. The second-order valence-electron chi connectivity index (χ2n) is 5.92. The van der Waals surface area contributed by atoms with Gasteiger partial charge in [0.1, 0.15) is 0 Å². The van der Waals surface area contributed by atoms with E-state index in [1.165, 1.54) is 18.4 Å². The molecule has 3 rings (SSSR count). The predicted molar refractivity (Wildman–Crippen MR) is 85.6 cm³/mol. The lowest BCUT2D eigenvalue weighted by molar-refractivity contribution is 0.273. The normalized spacial score (nSPS) is 16.7. The number of benzene rings is 1. The molecule has 5 heteroatoms. The minimum atomic E-state index is -0.147. The van der Waals surface area contributed by atoms with E-state index in [1.807, 2.05) is 12.1 Å². The summed E-state index contributed by atoms with van der Waals surface area (Å²) in [6.07, 6.45) is 2.72. The van der Waals surface area contributed by atoms with Crippen molar-refractivity contribution in [2.75, 3.05) is 19.6 Å². The summed E-state index contributed by atoms with van der Waals surface area (Å²) in [6, 6.07) is 7.19. The van der Waals surface area contributed by atoms with E-state index in [-0.39, 0.29) is 11.7 Å². The van der Waals surface area contributed by atoms with Crippen LogP contribution in [0.15, 0.2) is 23.0 Å². The van der Waals surface area contributed by atoms with Crippen LogP contribution in [-0.2, 0) is 0 Å². The van der Waals surface area contributed by atoms with E-state index in [0.29, 0.717) is 0 Å². The average Bonchev–Trinajstić information content (AvgIpc) is 3.23. The molecule has 1 atom stereocenters. The van der Waals surface area contributed by atoms with Crippen molar-refractivity contribution in [3.05, 3.63) is 34.2 Å². The molecule has 0 radical (unpaired) electrons. The van der Waals surface area contributed by atoms with Crippen molar-refractivity contribution in [2.24, 2.45) is 0 Å². The van der Waals surface area contributed by atoms with Gasteiger partial charge in [-0.1, -0.05) is 13.0 Å². The fourth-order valence-corrected chi connectivity index (χ4v) is 2.90. The summed E-state index contributed by atoms with van der Waals surface area (Å²) in [5.74, 6) is 0. The average molecular weight is 288 g/mol. The number of aromatic amines is 2. The molecule has 0 spiro atoms. The molecule has 114 valence electrons. The van der Waals surface area contributed by atoms with Gasteiger partial charge in [0.2, 0.25) is 0 Å². The second-order valence-corrected chi connectivity index (χ2v) is 5.92. The molecule has 1 unspecified atom stereocenters. The third-order valence-corrected chi connectivity index (χ3v) is 4.36. The maximum Gasteiger partial charge on any atom is 0.323 e. The molecule has 1 aliphatic carbocycles. The highest BCUT2D eigenvalue weighted by Gasteiger charge is 2.27. The van der Waals surface area contributed by atoms with Crippen LogP contribution in [0.25, 0.3) is 11.0 Å². The van der Waals surface area contributed by atoms with Gasteiger partial charge in [0.25, 0.3) is 0 Å². The highest BCUT2D eigenvalue weighted by Crippen LogP contribution is 2.26. The number of nitrogens with one attached hydrogen (secondary N) is 3. The topological polar surface area (TPSA) is 63.9 Å². The Bertz CT molecular complexity index is 656. The quantitative estimate of drug-likeness (QED) is 0.730. The molecule has 0 bridgehead atoms. The van der Waals surface area contributed by atoms with E-state index in [1.54, 1.807) is 0 Å². The Labute approximate surface area is 124 Å². The van der Waals surface area contributed by atoms with Gasteiger partial charge in [-0.25, -0.2) is 4.79 Å². The summed E-state index contributed by atoms with van der Waals surface area (Å²) in [5.41, 5.74) is 2.79. The van der Waals surface area contributed by atoms with Crippen molar-refractivity contribution in [1.29, 1.82) is 0 Å². The van der Waals surface area contributed by atoms with Crippen LogP contribution < -0.4 is 11.0 Å². The smallest absolute Gasteiger partial charge is 0.309 e. The van der Waals surface area contributed by atoms with Gasteiger partial charge in [0, 0.05) is 25.2 Å². The molecule has 5 nitrogen and oxygen atoms in total. The molecule has 1 aromatic heterocycles. The molecule has 1 aliphatic rings. The Kier molecular flexibility index (Phi) is 4.12. The molecular formula is C16H24N4O. The van der Waals surface area contributed by atoms with Crippen LogP contribution in [-0.4, -0.2) is 40.5 Å². The van der Waals surface area contributed by atoms with Crippen LogP contribution in [0.2, 0.25) is 0 Å². The molecule has 1 saturated carbocycles. The summed E-state index contributed by atoms with van der Waals surface area (Å²) >= 11 is 0. The van der Waals surface area contributed by atoms with E-state index in [0.717, 1.165) is 36.7 Å². The maximum absolute atomic E-state index is 11.3. The zero-order valence-electron chi connectivity index (χ0n) is 12.8. The molecule has 1 heterocycles. The molecule has 0 amide bonds. The van der Waals surface area contributed by atoms with E-state index >= 15 is 0 Å². The third kappa shape index (κ3) is 3.36. The number of likely N-dealkylation sites (N-methyl/N-ethyl adjacent to an activating group) is 1. The van der Waals surface area contributed by atoms with Gasteiger partial charge in [-0.3, -0.25) is 4.90 Å². The van der Waals surface area contributed by atoms with Gasteiger partial charge in [-0.15, -0.1) is 0 Å². The monoisotopic (exact) mass is 288 g/mol. The van der Waals surface area contributed by atoms with E-state index < -0.39 is 0 Å². The van der Waals surface area contributed by atoms with Crippen molar-refractivity contribution in [1.82, 2.24) is 20.2 Å². The summed E-state index contributed by atoms with van der Waals surface area (Å²) in [6.45, 7) is 7.64. The first-order chi connectivity index (χ1) is 10.2. The molecule has 2 aromatic rings. The van der Waals surface area contributed by atoms with Crippen LogP contribution in [0, 0.1) is 0 Å². The van der Waals surface area contributed by atoms with Gasteiger partial charge < -0.3 is 15.3 Å². The standard InChI is InChI=1S/C16H24N4O/c1-3-20(13-5-6-13)9-8-17-11(2)12-4-7-14-15(10-12)19-16(21)18-14/h4,7,10-11,13,17H,3,5-6,8-9H2,1-2H3,(H2,18,19,21). The number of hydrogen-bond acceptors (Lipinski definition) is 3. The molecule has 1 aromatic carbocycles. The number of H-pyrrole nitrogens is 2. The SMILES string of the molecule is CCN(CCNC(C)c1ccc2[nH]c(=O)[nH]c2c1)C1CC1. The number of hydrogen-bond donors (Lipinski definition) is 3. The fourth-order valence-electron chi connectivity index (χ4n) is 2.90. The highest BCUT2D eigenvalue weighted by atomic mass is 16.1. The minimum Gasteiger partial charge on any atom is -0.309 e. The van der Waals surface area contributed by atoms with E-state index in [9.17, 15) is 4.79 Å². The van der Waals surface area contributed by atoms with Gasteiger partial charge in [0.05, 0.1) is 11.0 Å². The Morgan fingerprint density at radius 1 is 1.33 bits per heavy atom. The lowest BCUT2D eigenvalue weighted by Crippen LogP contribution is -2.34. The predicted octanol–water partition coefficient (Wildman–Crippen LogP) is 1.99. The minimum absolute atomic E-state index is 0.147. The number of nitrogens with zero attached hydrogens (tertiary/aromatic N) is 1. The lowest BCUT2D eigenvalue weighted by atomic mass is 10.1. The number of aromatic nitrogens is 2. The Morgan fingerprint density at radius 2 is 2.10 bits per heavy atom. The first kappa shape index (κ1) is 14.4. The molecule has 0 saturated heterocycles. The summed E-state index contributed by atoms with van der Waals surface area (Å²) in [4.78, 5) is 19.4. The molecule has 0 aliphatic heterocycles. The summed E-state index contributed by atoms with van der Waals surface area (Å²) in [7, 11) is 0. The van der Waals surface area contributed by atoms with Crippen molar-refractivity contribution >= 4 is 11.0 Å². The Morgan fingerprint density at radius 3 is 2.81 bits per heavy atom. The van der Waals surface area contributed by atoms with Gasteiger partial charge in [-0.05, 0) is 44.0 Å². The van der Waals surface area contributed by atoms with Gasteiger partial charge >= 0.3 is 5.69 Å². The zero-order valence-corrected chi connectivity index (χ0v) is 12.8. The van der Waals surface area contributed by atoms with Crippen molar-refractivity contribution in [2.45, 2.75) is 38.8 Å². The van der Waals surface area contributed by atoms with Gasteiger partial charge in [-0.2, -0.15) is 0 Å². The van der Waals surface area contributed by atoms with Crippen LogP contribution in [0.4, 0.5) is 0 Å². The first-order valence-corrected chi connectivity index (χ1v) is 7.86. The Hall–Kier alpha value is -1.59. The molecule has 21 heavy (non-hydrogen) atoms. The highest BCUT2D eigenvalue weighted by molar-refractivity contribution is 5.75. The van der Waals surface area contributed by atoms with Crippen molar-refractivity contribution < 1.29 is 0 Å². The largest absolute Gasteiger partial charge is 0.323 e. The third-order valence-electron chi connectivity index (χ3n) is 4.36. The molecule has 3 N–H and O–H groups in total. The van der Waals surface area contributed by atoms with Gasteiger partial charge in [0.15, 0.2) is 0 Å². The number of imidazole rings is 1. The van der Waals surface area contributed by atoms with Crippen molar-refractivity contribution in [3.8, 4) is 0 Å². The van der Waals surface area contributed by atoms with Crippen LogP contribution >= 0.6 is 0 Å². The van der Waals surface area contributed by atoms with E-state index in [2.05, 4.69) is 40.1 Å². The van der Waals surface area contributed by atoms with Crippen LogP contribution in [0.3, 0.4) is 0 Å². The van der Waals surface area contributed by atoms with Crippen molar-refractivity contribution in [3.63, 3.8) is 0 Å². The molecular weight excluding hydrogens is 264 g/mol. The second kappa shape index (κ2) is 6.03. The lowest BCUT2D eigenvalue weighted by Gasteiger charge is -2.22. The number of fused-ring (bicyclic) bond motifs is 1. The Balaban J connectivity index is 1.58. The summed E-state index contributed by atoms with van der Waals surface area (Å²) < 4.78 is 0.